The minimum atomic E-state index is 1.00. The molecule has 44 heavy (non-hydrogen) atoms. The van der Waals surface area contributed by atoms with Crippen LogP contribution in [0, 0.1) is 0 Å². The van der Waals surface area contributed by atoms with Gasteiger partial charge in [-0.15, -0.1) is 0 Å². The van der Waals surface area contributed by atoms with E-state index in [1.54, 1.807) is 0 Å². The summed E-state index contributed by atoms with van der Waals surface area (Å²) in [4.78, 5) is 5.57. The molecule has 7 aromatic carbocycles. The van der Waals surface area contributed by atoms with Gasteiger partial charge in [0.25, 0.3) is 0 Å². The lowest BCUT2D eigenvalue weighted by Gasteiger charge is -2.20. The summed E-state index contributed by atoms with van der Waals surface area (Å²) in [6, 6.07) is 59.0. The molecule has 0 spiro atoms. The fourth-order valence-electron chi connectivity index (χ4n) is 6.96. The van der Waals surface area contributed by atoms with E-state index in [1.807, 2.05) is 0 Å². The quantitative estimate of drug-likeness (QED) is 0.210. The Balaban J connectivity index is 1.32. The lowest BCUT2D eigenvalue weighted by atomic mass is 9.87. The topological polar surface area (TPSA) is 12.9 Å². The van der Waals surface area contributed by atoms with Gasteiger partial charge in [-0.05, 0) is 55.4 Å². The molecule has 0 amide bonds. The van der Waals surface area contributed by atoms with Crippen molar-refractivity contribution in [1.29, 1.82) is 0 Å². The Morgan fingerprint density at radius 3 is 1.55 bits per heavy atom. The number of pyridine rings is 1. The van der Waals surface area contributed by atoms with Crippen LogP contribution in [0.1, 0.15) is 0 Å². The van der Waals surface area contributed by atoms with E-state index in [0.29, 0.717) is 0 Å². The highest BCUT2D eigenvalue weighted by Gasteiger charge is 2.31. The van der Waals surface area contributed by atoms with Crippen molar-refractivity contribution in [1.82, 2.24) is 4.98 Å². The number of fused-ring (bicyclic) bond motifs is 4. The second-order valence-electron chi connectivity index (χ2n) is 11.5. The summed E-state index contributed by atoms with van der Waals surface area (Å²) in [7, 11) is 0. The summed E-state index contributed by atoms with van der Waals surface area (Å²) in [5, 5.41) is 5.08. The highest BCUT2D eigenvalue weighted by atomic mass is 14.7. The van der Waals surface area contributed by atoms with Crippen LogP contribution in [0.3, 0.4) is 0 Å². The number of nitrogens with zero attached hydrogens (tertiary/aromatic N) is 1. The molecule has 1 heteroatoms. The van der Waals surface area contributed by atoms with Crippen molar-refractivity contribution in [3.63, 3.8) is 0 Å². The number of hydrogen-bond donors (Lipinski definition) is 0. The Kier molecular flexibility index (Phi) is 5.57. The third-order valence-electron chi connectivity index (χ3n) is 8.99. The van der Waals surface area contributed by atoms with Gasteiger partial charge >= 0.3 is 0 Å². The molecular formula is C43H27N. The molecule has 1 aliphatic carbocycles. The van der Waals surface area contributed by atoms with Gasteiger partial charge in [-0.25, -0.2) is 4.98 Å². The van der Waals surface area contributed by atoms with Gasteiger partial charge in [-0.3, -0.25) is 0 Å². The normalized spacial score (nSPS) is 11.6. The molecule has 0 N–H and O–H groups in total. The standard InChI is InChI=1S/C43H27N/c1-3-12-31(13-4-1)39-40-36-19-9-17-30-18-10-20-37(38(30)36)41(40)43(32-14-5-2-6-15-32)44-42(39)33-24-21-29(22-25-33)35-26-23-28-11-7-8-16-34(28)27-35/h1-27H. The fourth-order valence-corrected chi connectivity index (χ4v) is 6.96. The second kappa shape index (κ2) is 9.90. The molecule has 0 bridgehead atoms. The first-order valence-corrected chi connectivity index (χ1v) is 15.1. The van der Waals surface area contributed by atoms with Crippen LogP contribution in [0.2, 0.25) is 0 Å². The van der Waals surface area contributed by atoms with Crippen molar-refractivity contribution in [3.05, 3.63) is 164 Å². The molecular weight excluding hydrogens is 530 g/mol. The summed E-state index contributed by atoms with van der Waals surface area (Å²) >= 11 is 0. The summed E-state index contributed by atoms with van der Waals surface area (Å²) in [6.45, 7) is 0. The van der Waals surface area contributed by atoms with Gasteiger partial charge in [-0.1, -0.05) is 158 Å². The van der Waals surface area contributed by atoms with Crippen LogP contribution in [0.4, 0.5) is 0 Å². The summed E-state index contributed by atoms with van der Waals surface area (Å²) in [6.07, 6.45) is 0. The van der Waals surface area contributed by atoms with Gasteiger partial charge in [-0.2, -0.15) is 0 Å². The van der Waals surface area contributed by atoms with Crippen LogP contribution in [0.25, 0.3) is 88.6 Å². The minimum absolute atomic E-state index is 1.00. The lowest BCUT2D eigenvalue weighted by Crippen LogP contribution is -1.98. The van der Waals surface area contributed by atoms with Gasteiger partial charge in [0.2, 0.25) is 0 Å². The molecule has 0 unspecified atom stereocenters. The zero-order valence-corrected chi connectivity index (χ0v) is 24.0. The van der Waals surface area contributed by atoms with Crippen molar-refractivity contribution >= 4 is 21.5 Å². The van der Waals surface area contributed by atoms with Gasteiger partial charge in [0, 0.05) is 27.8 Å². The number of rotatable bonds is 4. The SMILES string of the molecule is c1ccc(-c2nc(-c3ccc(-c4ccc5ccccc5c4)cc3)c(-c3ccccc3)c3c2-c2cccc4cccc-3c24)cc1. The van der Waals surface area contributed by atoms with E-state index < -0.39 is 0 Å². The predicted octanol–water partition coefficient (Wildman–Crippen LogP) is 11.7. The van der Waals surface area contributed by atoms with Crippen molar-refractivity contribution in [2.45, 2.75) is 0 Å². The molecule has 1 nitrogen and oxygen atoms in total. The molecule has 0 fully saturated rings. The molecule has 0 aliphatic heterocycles. The maximum atomic E-state index is 5.57. The number of aromatic nitrogens is 1. The van der Waals surface area contributed by atoms with Gasteiger partial charge < -0.3 is 0 Å². The minimum Gasteiger partial charge on any atom is -0.246 e. The van der Waals surface area contributed by atoms with Crippen molar-refractivity contribution in [2.75, 3.05) is 0 Å². The van der Waals surface area contributed by atoms with Crippen LogP contribution < -0.4 is 0 Å². The molecule has 0 radical (unpaired) electrons. The average Bonchev–Trinajstić information content (AvgIpc) is 3.44. The summed E-state index contributed by atoms with van der Waals surface area (Å²) in [5.74, 6) is 0. The average molecular weight is 558 g/mol. The molecule has 0 atom stereocenters. The monoisotopic (exact) mass is 557 g/mol. The first-order chi connectivity index (χ1) is 21.8. The molecule has 1 aromatic heterocycles. The van der Waals surface area contributed by atoms with Crippen LogP contribution in [0.5, 0.6) is 0 Å². The molecule has 1 heterocycles. The lowest BCUT2D eigenvalue weighted by molar-refractivity contribution is 1.33. The highest BCUT2D eigenvalue weighted by molar-refractivity contribution is 6.21. The molecule has 0 saturated carbocycles. The van der Waals surface area contributed by atoms with E-state index in [2.05, 4.69) is 164 Å². The largest absolute Gasteiger partial charge is 0.246 e. The zero-order chi connectivity index (χ0) is 29.0. The van der Waals surface area contributed by atoms with Gasteiger partial charge in [0.15, 0.2) is 0 Å². The second-order valence-corrected chi connectivity index (χ2v) is 11.5. The van der Waals surface area contributed by atoms with Crippen molar-refractivity contribution in [2.24, 2.45) is 0 Å². The zero-order valence-electron chi connectivity index (χ0n) is 24.0. The van der Waals surface area contributed by atoms with E-state index in [1.165, 1.54) is 66.1 Å². The van der Waals surface area contributed by atoms with Crippen LogP contribution in [-0.4, -0.2) is 4.98 Å². The van der Waals surface area contributed by atoms with Crippen molar-refractivity contribution < 1.29 is 0 Å². The highest BCUT2D eigenvalue weighted by Crippen LogP contribution is 2.56. The number of hydrogen-bond acceptors (Lipinski definition) is 1. The Hall–Kier alpha value is -5.79. The Morgan fingerprint density at radius 1 is 0.295 bits per heavy atom. The smallest absolute Gasteiger partial charge is 0.0794 e. The Bertz CT molecular complexity index is 2350. The molecule has 8 aromatic rings. The molecule has 204 valence electrons. The van der Waals surface area contributed by atoms with Gasteiger partial charge in [0.05, 0.1) is 11.4 Å². The van der Waals surface area contributed by atoms with Crippen LogP contribution in [0.15, 0.2) is 164 Å². The maximum Gasteiger partial charge on any atom is 0.0794 e. The van der Waals surface area contributed by atoms with E-state index >= 15 is 0 Å². The maximum absolute atomic E-state index is 5.57. The predicted molar refractivity (Wildman–Crippen MR) is 185 cm³/mol. The summed E-state index contributed by atoms with van der Waals surface area (Å²) < 4.78 is 0. The van der Waals surface area contributed by atoms with E-state index in [9.17, 15) is 0 Å². The van der Waals surface area contributed by atoms with Gasteiger partial charge in [0.1, 0.15) is 0 Å². The Labute approximate surface area is 256 Å². The van der Waals surface area contributed by atoms with E-state index in [4.69, 9.17) is 4.98 Å². The van der Waals surface area contributed by atoms with Crippen LogP contribution >= 0.6 is 0 Å². The van der Waals surface area contributed by atoms with E-state index in [0.717, 1.165) is 22.5 Å². The Morgan fingerprint density at radius 2 is 0.818 bits per heavy atom. The van der Waals surface area contributed by atoms with Crippen LogP contribution in [-0.2, 0) is 0 Å². The third-order valence-corrected chi connectivity index (χ3v) is 8.99. The first-order valence-electron chi connectivity index (χ1n) is 15.1. The fraction of sp³-hybridized carbons (Fsp3) is 0. The van der Waals surface area contributed by atoms with Crippen molar-refractivity contribution in [3.8, 4) is 67.0 Å². The molecule has 1 aliphatic rings. The molecule has 9 rings (SSSR count). The first kappa shape index (κ1) is 24.8. The molecule has 0 saturated heterocycles. The summed E-state index contributed by atoms with van der Waals surface area (Å²) in [5.41, 5.74) is 14.1. The third kappa shape index (κ3) is 3.83. The van der Waals surface area contributed by atoms with E-state index in [-0.39, 0.29) is 0 Å². The number of benzene rings is 7.